The Balaban J connectivity index is 1.64. The molecule has 3 heterocycles. The predicted molar refractivity (Wildman–Crippen MR) is 126 cm³/mol. The topological polar surface area (TPSA) is 74.6 Å². The largest absolute Gasteiger partial charge is 0.467 e. The lowest BCUT2D eigenvalue weighted by Crippen LogP contribution is -2.44. The van der Waals surface area contributed by atoms with Gasteiger partial charge in [-0.05, 0) is 47.5 Å². The molecule has 32 heavy (non-hydrogen) atoms. The Morgan fingerprint density at radius 2 is 2.03 bits per heavy atom. The van der Waals surface area contributed by atoms with E-state index in [-0.39, 0.29) is 23.8 Å². The first-order chi connectivity index (χ1) is 15.4. The molecular formula is C25H25N3O3S. The zero-order valence-electron chi connectivity index (χ0n) is 18.1. The summed E-state index contributed by atoms with van der Waals surface area (Å²) in [4.78, 5) is 29.8. The third-order valence-corrected chi connectivity index (χ3v) is 6.85. The number of fused-ring (bicyclic) bond motifs is 1. The monoisotopic (exact) mass is 447 g/mol. The van der Waals surface area contributed by atoms with E-state index in [4.69, 9.17) is 4.42 Å². The van der Waals surface area contributed by atoms with Crippen LogP contribution in [0.4, 0.5) is 16.2 Å². The molecular weight excluding hydrogens is 422 g/mol. The maximum absolute atomic E-state index is 13.6. The first-order valence-electron chi connectivity index (χ1n) is 10.7. The number of carbonyl (C=O) groups is 2. The van der Waals surface area contributed by atoms with Gasteiger partial charge < -0.3 is 15.1 Å². The lowest BCUT2D eigenvalue weighted by atomic mass is 9.74. The van der Waals surface area contributed by atoms with Gasteiger partial charge in [-0.2, -0.15) is 0 Å². The number of furan rings is 1. The average molecular weight is 448 g/mol. The quantitative estimate of drug-likeness (QED) is 0.527. The number of para-hydroxylation sites is 2. The molecule has 1 aliphatic carbocycles. The fourth-order valence-electron chi connectivity index (χ4n) is 4.59. The molecule has 0 unspecified atom stereocenters. The summed E-state index contributed by atoms with van der Waals surface area (Å²) in [5, 5.41) is 8.48. The molecule has 2 N–H and O–H groups in total. The van der Waals surface area contributed by atoms with Crippen molar-refractivity contribution in [3.05, 3.63) is 82.1 Å². The van der Waals surface area contributed by atoms with Crippen molar-refractivity contribution in [2.75, 3.05) is 10.2 Å². The summed E-state index contributed by atoms with van der Waals surface area (Å²) >= 11 is 1.55. The number of nitrogens with one attached hydrogen (secondary N) is 2. The summed E-state index contributed by atoms with van der Waals surface area (Å²) in [7, 11) is 0. The van der Waals surface area contributed by atoms with Crippen LogP contribution in [0.1, 0.15) is 43.4 Å². The summed E-state index contributed by atoms with van der Waals surface area (Å²) in [5.74, 6) is 0.751. The van der Waals surface area contributed by atoms with Gasteiger partial charge in [0.2, 0.25) is 0 Å². The lowest BCUT2D eigenvalue weighted by molar-refractivity contribution is -0.118. The summed E-state index contributed by atoms with van der Waals surface area (Å²) in [5.41, 5.74) is 2.99. The van der Waals surface area contributed by atoms with E-state index < -0.39 is 6.04 Å². The smallest absolute Gasteiger partial charge is 0.323 e. The first-order valence-corrected chi connectivity index (χ1v) is 11.6. The van der Waals surface area contributed by atoms with E-state index in [2.05, 4.69) is 24.5 Å². The second kappa shape index (κ2) is 7.98. The van der Waals surface area contributed by atoms with E-state index in [0.29, 0.717) is 17.8 Å². The molecule has 1 aliphatic heterocycles. The maximum atomic E-state index is 13.6. The molecule has 5 rings (SSSR count). The van der Waals surface area contributed by atoms with Crippen LogP contribution in [0.2, 0.25) is 0 Å². The van der Waals surface area contributed by atoms with Crippen LogP contribution in [-0.2, 0) is 11.3 Å². The van der Waals surface area contributed by atoms with Crippen LogP contribution in [0, 0.1) is 5.41 Å². The van der Waals surface area contributed by atoms with Gasteiger partial charge in [0.15, 0.2) is 5.78 Å². The number of rotatable bonds is 3. The number of Topliss-reactive ketones (excluding diaryl/α,β-unsaturated/α-hetero) is 1. The highest BCUT2D eigenvalue weighted by atomic mass is 32.1. The SMILES string of the molecule is CC1(C)CC(=O)C2=C(C1)Nc1ccccc1N(C(=O)NCc1ccco1)[C@@H]2c1cccs1. The van der Waals surface area contributed by atoms with E-state index in [1.165, 1.54) is 0 Å². The number of benzene rings is 1. The Bertz CT molecular complexity index is 1180. The molecule has 1 atom stereocenters. The van der Waals surface area contributed by atoms with Crippen LogP contribution >= 0.6 is 11.3 Å². The number of nitrogens with zero attached hydrogens (tertiary/aromatic N) is 1. The number of hydrogen-bond acceptors (Lipinski definition) is 5. The lowest BCUT2D eigenvalue weighted by Gasteiger charge is -2.36. The summed E-state index contributed by atoms with van der Waals surface area (Å²) in [6.45, 7) is 4.49. The van der Waals surface area contributed by atoms with Gasteiger partial charge in [0.05, 0.1) is 24.2 Å². The summed E-state index contributed by atoms with van der Waals surface area (Å²) in [6, 6.07) is 14.5. The fraction of sp³-hybridized carbons (Fsp3) is 0.280. The van der Waals surface area contributed by atoms with Crippen LogP contribution < -0.4 is 15.5 Å². The maximum Gasteiger partial charge on any atom is 0.323 e. The van der Waals surface area contributed by atoms with E-state index >= 15 is 0 Å². The van der Waals surface area contributed by atoms with Gasteiger partial charge in [-0.15, -0.1) is 11.3 Å². The van der Waals surface area contributed by atoms with Crippen molar-refractivity contribution in [3.63, 3.8) is 0 Å². The van der Waals surface area contributed by atoms with E-state index in [1.54, 1.807) is 28.6 Å². The molecule has 0 radical (unpaired) electrons. The Hall–Kier alpha value is -3.32. The molecule has 0 saturated carbocycles. The fourth-order valence-corrected chi connectivity index (χ4v) is 5.41. The summed E-state index contributed by atoms with van der Waals surface area (Å²) < 4.78 is 5.38. The van der Waals surface area contributed by atoms with Gasteiger partial charge in [-0.3, -0.25) is 9.69 Å². The number of thiophene rings is 1. The number of ketones is 1. The standard InChI is InChI=1S/C25H25N3O3S/c1-25(2)13-18-22(20(29)14-25)23(21-10-6-12-32-21)28(19-9-4-3-8-17(19)27-18)24(30)26-15-16-7-5-11-31-16/h3-12,23,27H,13-15H2,1-2H3,(H,26,30)/t23-/m1/s1. The molecule has 7 heteroatoms. The van der Waals surface area contributed by atoms with Crippen molar-refractivity contribution in [1.29, 1.82) is 0 Å². The zero-order chi connectivity index (χ0) is 22.3. The van der Waals surface area contributed by atoms with E-state index in [9.17, 15) is 9.59 Å². The number of urea groups is 1. The average Bonchev–Trinajstić information content (AvgIpc) is 3.43. The van der Waals surface area contributed by atoms with Crippen LogP contribution in [-0.4, -0.2) is 11.8 Å². The van der Waals surface area contributed by atoms with Crippen LogP contribution in [0.15, 0.2) is 75.9 Å². The van der Waals surface area contributed by atoms with Crippen molar-refractivity contribution in [1.82, 2.24) is 5.32 Å². The molecule has 2 aliphatic rings. The Labute approximate surface area is 190 Å². The molecule has 0 fully saturated rings. The Morgan fingerprint density at radius 1 is 1.19 bits per heavy atom. The van der Waals surface area contributed by atoms with E-state index in [0.717, 1.165) is 28.4 Å². The molecule has 6 nitrogen and oxygen atoms in total. The molecule has 164 valence electrons. The van der Waals surface area contributed by atoms with Crippen molar-refractivity contribution >= 4 is 34.5 Å². The number of amides is 2. The molecule has 2 amide bonds. The minimum atomic E-state index is -0.499. The Kier molecular flexibility index (Phi) is 5.13. The van der Waals surface area contributed by atoms with Crippen LogP contribution in [0.5, 0.6) is 0 Å². The third-order valence-electron chi connectivity index (χ3n) is 5.93. The number of hydrogen-bond donors (Lipinski definition) is 2. The Morgan fingerprint density at radius 3 is 2.78 bits per heavy atom. The number of allylic oxidation sites excluding steroid dienone is 1. The highest BCUT2D eigenvalue weighted by molar-refractivity contribution is 7.10. The third kappa shape index (κ3) is 3.73. The summed E-state index contributed by atoms with van der Waals surface area (Å²) in [6.07, 6.45) is 2.78. The van der Waals surface area contributed by atoms with Crippen molar-refractivity contribution in [2.24, 2.45) is 5.41 Å². The molecule has 3 aromatic rings. The van der Waals surface area contributed by atoms with Crippen molar-refractivity contribution in [2.45, 2.75) is 39.3 Å². The van der Waals surface area contributed by atoms with Crippen molar-refractivity contribution in [3.8, 4) is 0 Å². The molecule has 1 aromatic carbocycles. The van der Waals surface area contributed by atoms with Crippen molar-refractivity contribution < 1.29 is 14.0 Å². The van der Waals surface area contributed by atoms with Gasteiger partial charge in [-0.25, -0.2) is 4.79 Å². The van der Waals surface area contributed by atoms with Crippen LogP contribution in [0.3, 0.4) is 0 Å². The minimum Gasteiger partial charge on any atom is -0.467 e. The highest BCUT2D eigenvalue weighted by Crippen LogP contribution is 2.48. The molecule has 0 bridgehead atoms. The number of carbonyl (C=O) groups excluding carboxylic acids is 2. The van der Waals surface area contributed by atoms with Gasteiger partial charge in [0.25, 0.3) is 0 Å². The predicted octanol–water partition coefficient (Wildman–Crippen LogP) is 5.87. The van der Waals surface area contributed by atoms with E-state index in [1.807, 2.05) is 47.8 Å². The van der Waals surface area contributed by atoms with Gasteiger partial charge in [0.1, 0.15) is 11.8 Å². The second-order valence-corrected chi connectivity index (χ2v) is 9.98. The first kappa shape index (κ1) is 20.6. The molecule has 0 spiro atoms. The normalized spacial score (nSPS) is 19.6. The minimum absolute atomic E-state index is 0.0822. The molecule has 2 aromatic heterocycles. The second-order valence-electron chi connectivity index (χ2n) is 9.00. The van der Waals surface area contributed by atoms with Gasteiger partial charge in [0, 0.05) is 22.6 Å². The highest BCUT2D eigenvalue weighted by Gasteiger charge is 2.43. The zero-order valence-corrected chi connectivity index (χ0v) is 18.9. The van der Waals surface area contributed by atoms with Crippen LogP contribution in [0.25, 0.3) is 0 Å². The number of anilines is 2. The van der Waals surface area contributed by atoms with Gasteiger partial charge in [-0.1, -0.05) is 32.0 Å². The van der Waals surface area contributed by atoms with Gasteiger partial charge >= 0.3 is 6.03 Å². The molecule has 0 saturated heterocycles.